The molecule has 2 N–H and O–H groups in total. The first-order chi connectivity index (χ1) is 14.0. The Morgan fingerprint density at radius 2 is 1.62 bits per heavy atom. The van der Waals surface area contributed by atoms with Gasteiger partial charge < -0.3 is 4.98 Å². The molecule has 6 heteroatoms. The highest BCUT2D eigenvalue weighted by molar-refractivity contribution is 7.92. The summed E-state index contributed by atoms with van der Waals surface area (Å²) in [6.45, 7) is 2.04. The van der Waals surface area contributed by atoms with E-state index in [4.69, 9.17) is 0 Å². The van der Waals surface area contributed by atoms with Crippen LogP contribution in [0.2, 0.25) is 0 Å². The van der Waals surface area contributed by atoms with Crippen molar-refractivity contribution in [2.75, 3.05) is 4.72 Å². The number of fused-ring (bicyclic) bond motifs is 1. The van der Waals surface area contributed by atoms with Crippen molar-refractivity contribution in [2.24, 2.45) is 0 Å². The van der Waals surface area contributed by atoms with Gasteiger partial charge in [-0.05, 0) is 54.3 Å². The first-order valence-corrected chi connectivity index (χ1v) is 11.2. The predicted molar refractivity (Wildman–Crippen MR) is 117 cm³/mol. The Labute approximate surface area is 170 Å². The molecule has 5 nitrogen and oxygen atoms in total. The molecule has 0 spiro atoms. The minimum atomic E-state index is -3.64. The van der Waals surface area contributed by atoms with Crippen LogP contribution in [0.1, 0.15) is 23.9 Å². The third kappa shape index (κ3) is 4.32. The van der Waals surface area contributed by atoms with Crippen molar-refractivity contribution >= 4 is 26.7 Å². The second-order valence-corrected chi connectivity index (χ2v) is 8.64. The molecule has 0 unspecified atom stereocenters. The lowest BCUT2D eigenvalue weighted by molar-refractivity contribution is 0.601. The summed E-state index contributed by atoms with van der Waals surface area (Å²) in [5.41, 5.74) is 4.58. The molecule has 0 bridgehead atoms. The van der Waals surface area contributed by atoms with Crippen molar-refractivity contribution in [3.63, 3.8) is 0 Å². The van der Waals surface area contributed by atoms with Crippen LogP contribution in [0.25, 0.3) is 11.0 Å². The topological polar surface area (TPSA) is 74.8 Å². The van der Waals surface area contributed by atoms with E-state index in [-0.39, 0.29) is 4.90 Å². The number of rotatable bonds is 7. The molecule has 3 aromatic carbocycles. The number of para-hydroxylation sites is 3. The maximum atomic E-state index is 12.8. The summed E-state index contributed by atoms with van der Waals surface area (Å²) in [7, 11) is -3.64. The van der Waals surface area contributed by atoms with Gasteiger partial charge >= 0.3 is 0 Å². The molecule has 4 rings (SSSR count). The Balaban J connectivity index is 1.52. The molecule has 0 aliphatic heterocycles. The standard InChI is InChI=1S/C23H23N3O2S/c1-2-17-11-14-19(15-12-17)29(27,28)26-20-8-4-3-7-18(20)13-16-23-24-21-9-5-6-10-22(21)25-23/h3-12,14-15,26H,2,13,16H2,1H3,(H,24,25). The number of H-pyrrole nitrogens is 1. The van der Waals surface area contributed by atoms with Gasteiger partial charge in [0.1, 0.15) is 5.82 Å². The average molecular weight is 406 g/mol. The van der Waals surface area contributed by atoms with Crippen LogP contribution < -0.4 is 4.72 Å². The van der Waals surface area contributed by atoms with Gasteiger partial charge in [0.15, 0.2) is 0 Å². The molecule has 0 saturated carbocycles. The molecular formula is C23H23N3O2S. The van der Waals surface area contributed by atoms with E-state index in [1.54, 1.807) is 18.2 Å². The minimum absolute atomic E-state index is 0.266. The van der Waals surface area contributed by atoms with Gasteiger partial charge in [0.25, 0.3) is 10.0 Å². The molecular weight excluding hydrogens is 382 g/mol. The third-order valence-electron chi connectivity index (χ3n) is 4.97. The van der Waals surface area contributed by atoms with Gasteiger partial charge in [-0.25, -0.2) is 13.4 Å². The van der Waals surface area contributed by atoms with Crippen molar-refractivity contribution in [3.8, 4) is 0 Å². The molecule has 1 heterocycles. The summed E-state index contributed by atoms with van der Waals surface area (Å²) in [4.78, 5) is 8.19. The van der Waals surface area contributed by atoms with Gasteiger partial charge in [-0.2, -0.15) is 0 Å². The second kappa shape index (κ2) is 8.09. The Hall–Kier alpha value is -3.12. The third-order valence-corrected chi connectivity index (χ3v) is 6.35. The number of aromatic amines is 1. The summed E-state index contributed by atoms with van der Waals surface area (Å²) in [5, 5.41) is 0. The number of hydrogen-bond acceptors (Lipinski definition) is 3. The lowest BCUT2D eigenvalue weighted by Crippen LogP contribution is -2.14. The van der Waals surface area contributed by atoms with Crippen LogP contribution >= 0.6 is 0 Å². The largest absolute Gasteiger partial charge is 0.342 e. The monoisotopic (exact) mass is 405 g/mol. The maximum absolute atomic E-state index is 12.8. The molecule has 0 atom stereocenters. The number of nitrogens with zero attached hydrogens (tertiary/aromatic N) is 1. The molecule has 29 heavy (non-hydrogen) atoms. The molecule has 0 aliphatic rings. The highest BCUT2D eigenvalue weighted by Crippen LogP contribution is 2.22. The number of aryl methyl sites for hydroxylation is 3. The number of sulfonamides is 1. The lowest BCUT2D eigenvalue weighted by atomic mass is 10.1. The highest BCUT2D eigenvalue weighted by atomic mass is 32.2. The van der Waals surface area contributed by atoms with Crippen LogP contribution in [0.3, 0.4) is 0 Å². The number of anilines is 1. The van der Waals surface area contributed by atoms with Crippen molar-refractivity contribution in [1.29, 1.82) is 0 Å². The molecule has 4 aromatic rings. The second-order valence-electron chi connectivity index (χ2n) is 6.96. The van der Waals surface area contributed by atoms with Gasteiger partial charge in [-0.1, -0.05) is 49.4 Å². The smallest absolute Gasteiger partial charge is 0.261 e. The summed E-state index contributed by atoms with van der Waals surface area (Å²) in [6, 6.07) is 22.4. The first-order valence-electron chi connectivity index (χ1n) is 9.68. The Bertz CT molecular complexity index is 1200. The molecule has 148 valence electrons. The summed E-state index contributed by atoms with van der Waals surface area (Å²) in [6.07, 6.45) is 2.24. The fourth-order valence-electron chi connectivity index (χ4n) is 3.32. The van der Waals surface area contributed by atoms with E-state index in [1.165, 1.54) is 0 Å². The van der Waals surface area contributed by atoms with Gasteiger partial charge in [-0.15, -0.1) is 0 Å². The van der Waals surface area contributed by atoms with E-state index in [0.717, 1.165) is 34.4 Å². The summed E-state index contributed by atoms with van der Waals surface area (Å²) >= 11 is 0. The van der Waals surface area contributed by atoms with Crippen molar-refractivity contribution in [2.45, 2.75) is 31.1 Å². The SMILES string of the molecule is CCc1ccc(S(=O)(=O)Nc2ccccc2CCc2nc3ccccc3[nH]2)cc1. The van der Waals surface area contributed by atoms with Crippen LogP contribution in [0.4, 0.5) is 5.69 Å². The van der Waals surface area contributed by atoms with Gasteiger partial charge in [0.05, 0.1) is 21.6 Å². The minimum Gasteiger partial charge on any atom is -0.342 e. The Morgan fingerprint density at radius 3 is 2.38 bits per heavy atom. The van der Waals surface area contributed by atoms with E-state index >= 15 is 0 Å². The van der Waals surface area contributed by atoms with E-state index in [0.29, 0.717) is 18.5 Å². The van der Waals surface area contributed by atoms with E-state index < -0.39 is 10.0 Å². The zero-order valence-electron chi connectivity index (χ0n) is 16.2. The molecule has 0 amide bonds. The fraction of sp³-hybridized carbons (Fsp3) is 0.174. The van der Waals surface area contributed by atoms with Crippen LogP contribution in [0, 0.1) is 0 Å². The zero-order valence-corrected chi connectivity index (χ0v) is 17.0. The van der Waals surface area contributed by atoms with E-state index in [9.17, 15) is 8.42 Å². The number of nitrogens with one attached hydrogen (secondary N) is 2. The van der Waals surface area contributed by atoms with Crippen LogP contribution in [-0.2, 0) is 29.3 Å². The normalized spacial score (nSPS) is 11.6. The van der Waals surface area contributed by atoms with Gasteiger partial charge in [0, 0.05) is 6.42 Å². The zero-order chi connectivity index (χ0) is 20.3. The van der Waals surface area contributed by atoms with Crippen molar-refractivity contribution in [1.82, 2.24) is 9.97 Å². The van der Waals surface area contributed by atoms with Crippen molar-refractivity contribution in [3.05, 3.63) is 89.7 Å². The molecule has 0 radical (unpaired) electrons. The molecule has 0 fully saturated rings. The maximum Gasteiger partial charge on any atom is 0.261 e. The molecule has 0 aliphatic carbocycles. The summed E-state index contributed by atoms with van der Waals surface area (Å²) in [5.74, 6) is 0.888. The number of benzene rings is 3. The molecule has 1 aromatic heterocycles. The highest BCUT2D eigenvalue weighted by Gasteiger charge is 2.16. The van der Waals surface area contributed by atoms with E-state index in [2.05, 4.69) is 14.7 Å². The Morgan fingerprint density at radius 1 is 0.897 bits per heavy atom. The number of hydrogen-bond donors (Lipinski definition) is 2. The van der Waals surface area contributed by atoms with Crippen LogP contribution in [0.5, 0.6) is 0 Å². The quantitative estimate of drug-likeness (QED) is 0.467. The summed E-state index contributed by atoms with van der Waals surface area (Å²) < 4.78 is 28.4. The fourth-order valence-corrected chi connectivity index (χ4v) is 4.42. The Kier molecular flexibility index (Phi) is 5.36. The van der Waals surface area contributed by atoms with E-state index in [1.807, 2.05) is 61.5 Å². The lowest BCUT2D eigenvalue weighted by Gasteiger charge is -2.12. The first kappa shape index (κ1) is 19.2. The van der Waals surface area contributed by atoms with Crippen LogP contribution in [0.15, 0.2) is 77.7 Å². The number of imidazole rings is 1. The van der Waals surface area contributed by atoms with Gasteiger partial charge in [-0.3, -0.25) is 4.72 Å². The molecule has 0 saturated heterocycles. The van der Waals surface area contributed by atoms with Crippen LogP contribution in [-0.4, -0.2) is 18.4 Å². The van der Waals surface area contributed by atoms with Crippen molar-refractivity contribution < 1.29 is 8.42 Å². The van der Waals surface area contributed by atoms with Gasteiger partial charge in [0.2, 0.25) is 0 Å². The average Bonchev–Trinajstić information content (AvgIpc) is 3.16. The number of aromatic nitrogens is 2. The predicted octanol–water partition coefficient (Wildman–Crippen LogP) is 4.71.